The van der Waals surface area contributed by atoms with E-state index < -0.39 is 0 Å². The predicted molar refractivity (Wildman–Crippen MR) is 85.9 cm³/mol. The molecule has 1 N–H and O–H groups in total. The normalized spacial score (nSPS) is 21.4. The molecule has 1 amide bonds. The number of carbonyl (C=O) groups is 1. The summed E-state index contributed by atoms with van der Waals surface area (Å²) in [7, 11) is 3.99. The summed E-state index contributed by atoms with van der Waals surface area (Å²) in [6.07, 6.45) is 0.394. The first kappa shape index (κ1) is 16.8. The number of ether oxygens (including phenoxy) is 1. The topological polar surface area (TPSA) is 53.0 Å². The van der Waals surface area contributed by atoms with Gasteiger partial charge in [-0.1, -0.05) is 12.1 Å². The molecule has 1 aliphatic rings. The van der Waals surface area contributed by atoms with Gasteiger partial charge in [0.15, 0.2) is 0 Å². The maximum atomic E-state index is 12.4. The molecule has 1 aliphatic heterocycles. The first-order chi connectivity index (χ1) is 10.5. The van der Waals surface area contributed by atoms with Crippen LogP contribution in [0.5, 0.6) is 5.75 Å². The first-order valence-electron chi connectivity index (χ1n) is 7.82. The van der Waals surface area contributed by atoms with Gasteiger partial charge in [-0.3, -0.25) is 4.79 Å². The van der Waals surface area contributed by atoms with Crippen LogP contribution in [0.1, 0.15) is 12.5 Å². The summed E-state index contributed by atoms with van der Waals surface area (Å²) in [5.41, 5.74) is 0.988. The van der Waals surface area contributed by atoms with E-state index in [0.29, 0.717) is 26.1 Å². The fraction of sp³-hybridized carbons (Fsp3) is 0.588. The smallest absolute Gasteiger partial charge is 0.227 e. The number of aliphatic hydroxyl groups is 1. The highest BCUT2D eigenvalue weighted by Gasteiger charge is 2.35. The number of carbonyl (C=O) groups excluding carboxylic acids is 1. The zero-order chi connectivity index (χ0) is 16.1. The third-order valence-corrected chi connectivity index (χ3v) is 4.25. The minimum Gasteiger partial charge on any atom is -0.494 e. The molecule has 1 aromatic rings. The lowest BCUT2D eigenvalue weighted by atomic mass is 10.0. The summed E-state index contributed by atoms with van der Waals surface area (Å²) in [5.74, 6) is 1.08. The van der Waals surface area contributed by atoms with E-state index in [0.717, 1.165) is 11.3 Å². The van der Waals surface area contributed by atoms with Crippen molar-refractivity contribution < 1.29 is 14.6 Å². The molecule has 2 atom stereocenters. The van der Waals surface area contributed by atoms with Crippen LogP contribution >= 0.6 is 0 Å². The Morgan fingerprint density at radius 1 is 1.32 bits per heavy atom. The second-order valence-electron chi connectivity index (χ2n) is 6.03. The number of nitrogens with zero attached hydrogens (tertiary/aromatic N) is 2. The molecule has 0 radical (unpaired) electrons. The SMILES string of the molecule is CCOc1ccc(CC(=O)N2C[C@@H](CO)[C@H](N(C)C)C2)cc1. The molecular weight excluding hydrogens is 280 g/mol. The molecule has 1 fully saturated rings. The number of likely N-dealkylation sites (N-methyl/N-ethyl adjacent to an activating group) is 1. The van der Waals surface area contributed by atoms with Crippen molar-refractivity contribution in [3.8, 4) is 5.75 Å². The van der Waals surface area contributed by atoms with Gasteiger partial charge in [0.05, 0.1) is 13.0 Å². The van der Waals surface area contributed by atoms with Gasteiger partial charge in [0, 0.05) is 31.7 Å². The molecule has 1 saturated heterocycles. The van der Waals surface area contributed by atoms with E-state index in [1.807, 2.05) is 50.2 Å². The van der Waals surface area contributed by atoms with Gasteiger partial charge in [0.25, 0.3) is 0 Å². The molecular formula is C17H26N2O3. The van der Waals surface area contributed by atoms with Gasteiger partial charge in [0.1, 0.15) is 5.75 Å². The lowest BCUT2D eigenvalue weighted by molar-refractivity contribution is -0.129. The maximum Gasteiger partial charge on any atom is 0.227 e. The summed E-state index contributed by atoms with van der Waals surface area (Å²) in [6, 6.07) is 7.90. The fourth-order valence-electron chi connectivity index (χ4n) is 2.98. The van der Waals surface area contributed by atoms with E-state index >= 15 is 0 Å². The highest BCUT2D eigenvalue weighted by atomic mass is 16.5. The average Bonchev–Trinajstić information content (AvgIpc) is 2.94. The highest BCUT2D eigenvalue weighted by Crippen LogP contribution is 2.21. The molecule has 0 aliphatic carbocycles. The van der Waals surface area contributed by atoms with Crippen LogP contribution < -0.4 is 4.74 Å². The Morgan fingerprint density at radius 3 is 2.50 bits per heavy atom. The van der Waals surface area contributed by atoms with Crippen molar-refractivity contribution in [1.29, 1.82) is 0 Å². The summed E-state index contributed by atoms with van der Waals surface area (Å²) in [5, 5.41) is 9.48. The lowest BCUT2D eigenvalue weighted by Gasteiger charge is -2.23. The van der Waals surface area contributed by atoms with Crippen molar-refractivity contribution >= 4 is 5.91 Å². The van der Waals surface area contributed by atoms with Gasteiger partial charge in [-0.25, -0.2) is 0 Å². The third kappa shape index (κ3) is 3.99. The second kappa shape index (κ2) is 7.61. The summed E-state index contributed by atoms with van der Waals surface area (Å²) in [4.78, 5) is 16.4. The Morgan fingerprint density at radius 2 is 2.00 bits per heavy atom. The molecule has 1 aromatic carbocycles. The molecule has 22 heavy (non-hydrogen) atoms. The molecule has 0 unspecified atom stereocenters. The third-order valence-electron chi connectivity index (χ3n) is 4.25. The molecule has 0 spiro atoms. The number of aliphatic hydroxyl groups excluding tert-OH is 1. The summed E-state index contributed by atoms with van der Waals surface area (Å²) >= 11 is 0. The van der Waals surface area contributed by atoms with Crippen LogP contribution in [0, 0.1) is 5.92 Å². The van der Waals surface area contributed by atoms with Crippen LogP contribution in [-0.2, 0) is 11.2 Å². The van der Waals surface area contributed by atoms with E-state index in [1.54, 1.807) is 0 Å². The minimum atomic E-state index is 0.118. The molecule has 0 aromatic heterocycles. The van der Waals surface area contributed by atoms with Crippen molar-refractivity contribution in [2.75, 3.05) is 40.4 Å². The van der Waals surface area contributed by atoms with Gasteiger partial charge >= 0.3 is 0 Å². The van der Waals surface area contributed by atoms with Crippen molar-refractivity contribution in [2.45, 2.75) is 19.4 Å². The van der Waals surface area contributed by atoms with Crippen molar-refractivity contribution in [3.05, 3.63) is 29.8 Å². The Labute approximate surface area is 132 Å². The van der Waals surface area contributed by atoms with Crippen LogP contribution in [0.15, 0.2) is 24.3 Å². The summed E-state index contributed by atoms with van der Waals surface area (Å²) in [6.45, 7) is 4.03. The second-order valence-corrected chi connectivity index (χ2v) is 6.03. The number of likely N-dealkylation sites (tertiary alicyclic amines) is 1. The largest absolute Gasteiger partial charge is 0.494 e. The van der Waals surface area contributed by atoms with E-state index in [2.05, 4.69) is 4.90 Å². The van der Waals surface area contributed by atoms with Crippen molar-refractivity contribution in [1.82, 2.24) is 9.80 Å². The number of rotatable bonds is 6. The van der Waals surface area contributed by atoms with E-state index in [1.165, 1.54) is 0 Å². The van der Waals surface area contributed by atoms with E-state index in [9.17, 15) is 9.90 Å². The number of benzene rings is 1. The molecule has 5 nitrogen and oxygen atoms in total. The molecule has 0 saturated carbocycles. The molecule has 1 heterocycles. The zero-order valence-corrected chi connectivity index (χ0v) is 13.7. The van der Waals surface area contributed by atoms with E-state index in [-0.39, 0.29) is 24.5 Å². The van der Waals surface area contributed by atoms with Gasteiger partial charge < -0.3 is 19.6 Å². The predicted octanol–water partition coefficient (Wildman–Crippen LogP) is 1.01. The van der Waals surface area contributed by atoms with Crippen LogP contribution in [-0.4, -0.2) is 67.3 Å². The fourth-order valence-corrected chi connectivity index (χ4v) is 2.98. The molecule has 122 valence electrons. The zero-order valence-electron chi connectivity index (χ0n) is 13.7. The van der Waals surface area contributed by atoms with Crippen molar-refractivity contribution in [3.63, 3.8) is 0 Å². The number of hydrogen-bond acceptors (Lipinski definition) is 4. The highest BCUT2D eigenvalue weighted by molar-refractivity contribution is 5.79. The first-order valence-corrected chi connectivity index (χ1v) is 7.82. The maximum absolute atomic E-state index is 12.4. The van der Waals surface area contributed by atoms with Crippen LogP contribution in [0.3, 0.4) is 0 Å². The van der Waals surface area contributed by atoms with Gasteiger partial charge in [-0.05, 0) is 38.7 Å². The quantitative estimate of drug-likeness (QED) is 0.852. The van der Waals surface area contributed by atoms with Gasteiger partial charge in [-0.2, -0.15) is 0 Å². The van der Waals surface area contributed by atoms with Crippen LogP contribution in [0.2, 0.25) is 0 Å². The number of hydrogen-bond donors (Lipinski definition) is 1. The minimum absolute atomic E-state index is 0.118. The van der Waals surface area contributed by atoms with Gasteiger partial charge in [-0.15, -0.1) is 0 Å². The Hall–Kier alpha value is -1.59. The van der Waals surface area contributed by atoms with Crippen LogP contribution in [0.4, 0.5) is 0 Å². The Bertz CT molecular complexity index is 487. The molecule has 2 rings (SSSR count). The van der Waals surface area contributed by atoms with E-state index in [4.69, 9.17) is 4.74 Å². The monoisotopic (exact) mass is 306 g/mol. The average molecular weight is 306 g/mol. The molecule has 0 bridgehead atoms. The van der Waals surface area contributed by atoms with Crippen LogP contribution in [0.25, 0.3) is 0 Å². The van der Waals surface area contributed by atoms with Crippen molar-refractivity contribution in [2.24, 2.45) is 5.92 Å². The Balaban J connectivity index is 1.95. The standard InChI is InChI=1S/C17H26N2O3/c1-4-22-15-7-5-13(6-8-15)9-17(21)19-10-14(12-20)16(11-19)18(2)3/h5-8,14,16,20H,4,9-12H2,1-3H3/t14-,16+/m0/s1. The Kier molecular flexibility index (Phi) is 5.80. The lowest BCUT2D eigenvalue weighted by Crippen LogP contribution is -2.37. The number of amides is 1. The van der Waals surface area contributed by atoms with Gasteiger partial charge in [0.2, 0.25) is 5.91 Å². The molecule has 5 heteroatoms. The summed E-state index contributed by atoms with van der Waals surface area (Å²) < 4.78 is 5.41.